The molecule has 0 aliphatic heterocycles. The molecule has 1 aromatic rings. The van der Waals surface area contributed by atoms with Crippen molar-refractivity contribution in [2.45, 2.75) is 0 Å². The molecule has 1 aromatic carbocycles. The van der Waals surface area contributed by atoms with E-state index < -0.39 is 12.6 Å². The van der Waals surface area contributed by atoms with Crippen molar-refractivity contribution in [3.8, 4) is 5.75 Å². The van der Waals surface area contributed by atoms with Gasteiger partial charge in [0, 0.05) is 0 Å². The third kappa shape index (κ3) is 3.41. The first-order chi connectivity index (χ1) is 6.11. The van der Waals surface area contributed by atoms with Crippen LogP contribution in [0.1, 0.15) is 0 Å². The molecule has 0 aromatic heterocycles. The molecule has 0 aliphatic rings. The summed E-state index contributed by atoms with van der Waals surface area (Å²) in [6.07, 6.45) is 0. The number of carboxylic acid groups (broad SMARTS) is 1. The molecule has 6 heteroatoms. The lowest BCUT2D eigenvalue weighted by molar-refractivity contribution is -0.139. The zero-order valence-corrected chi connectivity index (χ0v) is 8.47. The molecule has 3 N–H and O–H groups in total. The van der Waals surface area contributed by atoms with Gasteiger partial charge in [-0.3, -0.25) is 0 Å². The molecular formula is C8H8Cl2O4. The minimum absolute atomic E-state index is 0. The zero-order chi connectivity index (χ0) is 9.84. The predicted octanol–water partition coefficient (Wildman–Crippen LogP) is 1.63. The van der Waals surface area contributed by atoms with Gasteiger partial charge in [0.25, 0.3) is 0 Å². The highest BCUT2D eigenvalue weighted by atomic mass is 35.5. The Morgan fingerprint density at radius 3 is 2.64 bits per heavy atom. The Hall–Kier alpha value is -0.970. The third-order valence-electron chi connectivity index (χ3n) is 1.27. The average molecular weight is 239 g/mol. The molecule has 14 heavy (non-hydrogen) atoms. The first-order valence-electron chi connectivity index (χ1n) is 3.40. The minimum Gasteiger partial charge on any atom is -0.480 e. The molecule has 0 bridgehead atoms. The van der Waals surface area contributed by atoms with Crippen LogP contribution in [-0.4, -0.2) is 23.2 Å². The molecule has 0 unspecified atom stereocenters. The molecule has 0 radical (unpaired) electrons. The molecule has 0 saturated heterocycles. The summed E-state index contributed by atoms with van der Waals surface area (Å²) in [4.78, 5) is 10.2. The van der Waals surface area contributed by atoms with Crippen molar-refractivity contribution in [1.29, 1.82) is 0 Å². The lowest BCUT2D eigenvalue weighted by Crippen LogP contribution is -2.09. The summed E-state index contributed by atoms with van der Waals surface area (Å²) in [5.74, 6) is -0.785. The lowest BCUT2D eigenvalue weighted by atomic mass is 10.3. The number of benzene rings is 1. The number of hydrogen-bond donors (Lipinski definition) is 1. The first kappa shape index (κ1) is 13.0. The van der Waals surface area contributed by atoms with Gasteiger partial charge in [0.1, 0.15) is 10.8 Å². The fourth-order valence-electron chi connectivity index (χ4n) is 0.735. The van der Waals surface area contributed by atoms with Gasteiger partial charge in [-0.15, -0.1) is 0 Å². The van der Waals surface area contributed by atoms with E-state index >= 15 is 0 Å². The van der Waals surface area contributed by atoms with Crippen molar-refractivity contribution in [2.24, 2.45) is 0 Å². The quantitative estimate of drug-likeness (QED) is 0.870. The van der Waals surface area contributed by atoms with Gasteiger partial charge >= 0.3 is 5.97 Å². The zero-order valence-electron chi connectivity index (χ0n) is 6.96. The summed E-state index contributed by atoms with van der Waals surface area (Å²) >= 11 is 11.4. The van der Waals surface area contributed by atoms with E-state index in [1.807, 2.05) is 0 Å². The lowest BCUT2D eigenvalue weighted by Gasteiger charge is -2.05. The summed E-state index contributed by atoms with van der Waals surface area (Å²) < 4.78 is 4.86. The SMILES string of the molecule is O.O=C(O)COc1cccc(Cl)c1Cl. The Bertz CT molecular complexity index is 327. The van der Waals surface area contributed by atoms with E-state index in [0.717, 1.165) is 0 Å². The summed E-state index contributed by atoms with van der Waals surface area (Å²) in [5.41, 5.74) is 0. The summed E-state index contributed by atoms with van der Waals surface area (Å²) in [5, 5.41) is 8.90. The van der Waals surface area contributed by atoms with E-state index in [0.29, 0.717) is 5.02 Å². The molecule has 0 amide bonds. The summed E-state index contributed by atoms with van der Waals surface area (Å²) in [6.45, 7) is -0.430. The number of ether oxygens (including phenoxy) is 1. The van der Waals surface area contributed by atoms with Gasteiger partial charge in [-0.1, -0.05) is 29.3 Å². The minimum atomic E-state index is -1.06. The van der Waals surface area contributed by atoms with Crippen molar-refractivity contribution < 1.29 is 20.1 Å². The maximum atomic E-state index is 10.2. The Morgan fingerprint density at radius 2 is 2.07 bits per heavy atom. The van der Waals surface area contributed by atoms with Crippen LogP contribution in [-0.2, 0) is 4.79 Å². The number of rotatable bonds is 3. The van der Waals surface area contributed by atoms with Crippen LogP contribution in [0.25, 0.3) is 0 Å². The van der Waals surface area contributed by atoms with Gasteiger partial charge in [0.05, 0.1) is 5.02 Å². The molecule has 0 saturated carbocycles. The summed E-state index contributed by atoms with van der Waals surface area (Å²) in [6, 6.07) is 4.78. The van der Waals surface area contributed by atoms with E-state index in [4.69, 9.17) is 33.0 Å². The number of hydrogen-bond acceptors (Lipinski definition) is 2. The molecule has 4 nitrogen and oxygen atoms in total. The van der Waals surface area contributed by atoms with Crippen molar-refractivity contribution in [1.82, 2.24) is 0 Å². The Morgan fingerprint density at radius 1 is 1.43 bits per heavy atom. The normalized spacial score (nSPS) is 9.00. The van der Waals surface area contributed by atoms with Gasteiger partial charge in [-0.25, -0.2) is 4.79 Å². The van der Waals surface area contributed by atoms with Crippen molar-refractivity contribution in [3.63, 3.8) is 0 Å². The van der Waals surface area contributed by atoms with Crippen molar-refractivity contribution in [2.75, 3.05) is 6.61 Å². The molecule has 78 valence electrons. The Labute approximate surface area is 90.3 Å². The van der Waals surface area contributed by atoms with Gasteiger partial charge in [0.15, 0.2) is 6.61 Å². The average Bonchev–Trinajstić information content (AvgIpc) is 2.07. The fraction of sp³-hybridized carbons (Fsp3) is 0.125. The van der Waals surface area contributed by atoms with Crippen LogP contribution >= 0.6 is 23.2 Å². The Balaban J connectivity index is 0.00000169. The molecule has 0 aliphatic carbocycles. The van der Waals surface area contributed by atoms with Crippen molar-refractivity contribution in [3.05, 3.63) is 28.2 Å². The fourth-order valence-corrected chi connectivity index (χ4v) is 1.08. The second-order valence-corrected chi connectivity index (χ2v) is 3.02. The van der Waals surface area contributed by atoms with Crippen LogP contribution in [0.5, 0.6) is 5.75 Å². The second-order valence-electron chi connectivity index (χ2n) is 2.23. The van der Waals surface area contributed by atoms with E-state index in [1.54, 1.807) is 18.2 Å². The highest BCUT2D eigenvalue weighted by molar-refractivity contribution is 6.42. The highest BCUT2D eigenvalue weighted by Crippen LogP contribution is 2.31. The van der Waals surface area contributed by atoms with Crippen LogP contribution in [0.15, 0.2) is 18.2 Å². The van der Waals surface area contributed by atoms with Crippen LogP contribution in [0.2, 0.25) is 10.0 Å². The third-order valence-corrected chi connectivity index (χ3v) is 2.07. The standard InChI is InChI=1S/C8H6Cl2O3.H2O/c9-5-2-1-3-6(8(5)10)13-4-7(11)12;/h1-3H,4H2,(H,11,12);1H2. The number of aliphatic carboxylic acids is 1. The molecule has 0 fully saturated rings. The Kier molecular flexibility index (Phi) is 5.30. The molecule has 0 atom stereocenters. The van der Waals surface area contributed by atoms with Crippen molar-refractivity contribution >= 4 is 29.2 Å². The van der Waals surface area contributed by atoms with Gasteiger partial charge in [0.2, 0.25) is 0 Å². The van der Waals surface area contributed by atoms with E-state index in [-0.39, 0.29) is 16.2 Å². The summed E-state index contributed by atoms with van der Waals surface area (Å²) in [7, 11) is 0. The largest absolute Gasteiger partial charge is 0.480 e. The monoisotopic (exact) mass is 238 g/mol. The van der Waals surface area contributed by atoms with Crippen LogP contribution in [0.4, 0.5) is 0 Å². The smallest absolute Gasteiger partial charge is 0.341 e. The first-order valence-corrected chi connectivity index (χ1v) is 4.15. The number of carbonyl (C=O) groups is 1. The van der Waals surface area contributed by atoms with Gasteiger partial charge < -0.3 is 15.3 Å². The number of carboxylic acids is 1. The van der Waals surface area contributed by atoms with Crippen LogP contribution in [0, 0.1) is 0 Å². The number of halogens is 2. The predicted molar refractivity (Wildman–Crippen MR) is 53.2 cm³/mol. The maximum absolute atomic E-state index is 10.2. The van der Waals surface area contributed by atoms with E-state index in [9.17, 15) is 4.79 Å². The van der Waals surface area contributed by atoms with E-state index in [1.165, 1.54) is 0 Å². The second kappa shape index (κ2) is 5.70. The van der Waals surface area contributed by atoms with Crippen LogP contribution < -0.4 is 4.74 Å². The van der Waals surface area contributed by atoms with Gasteiger partial charge in [-0.2, -0.15) is 0 Å². The van der Waals surface area contributed by atoms with Crippen LogP contribution in [0.3, 0.4) is 0 Å². The van der Waals surface area contributed by atoms with E-state index in [2.05, 4.69) is 0 Å². The molecule has 0 heterocycles. The maximum Gasteiger partial charge on any atom is 0.341 e. The molecule has 0 spiro atoms. The van der Waals surface area contributed by atoms with Gasteiger partial charge in [-0.05, 0) is 12.1 Å². The highest BCUT2D eigenvalue weighted by Gasteiger charge is 2.06. The molecular weight excluding hydrogens is 231 g/mol. The molecule has 1 rings (SSSR count). The topological polar surface area (TPSA) is 78.0 Å².